The molecular formula is C15H16N2O3. The fraction of sp³-hybridized carbons (Fsp3) is 0.133. The Morgan fingerprint density at radius 3 is 2.45 bits per heavy atom. The third kappa shape index (κ3) is 3.27. The molecule has 0 aliphatic rings. The van der Waals surface area contributed by atoms with E-state index < -0.39 is 0 Å². The van der Waals surface area contributed by atoms with E-state index in [4.69, 9.17) is 20.8 Å². The van der Waals surface area contributed by atoms with Gasteiger partial charge in [0.2, 0.25) is 0 Å². The van der Waals surface area contributed by atoms with Crippen LogP contribution in [0.4, 0.5) is 0 Å². The molecule has 0 spiro atoms. The molecule has 2 aromatic carbocycles. The van der Waals surface area contributed by atoms with Gasteiger partial charge in [-0.05, 0) is 17.7 Å². The number of hydrogen-bond donors (Lipinski definition) is 3. The minimum atomic E-state index is 0.00656. The average Bonchev–Trinajstić information content (AvgIpc) is 2.53. The first-order valence-electron chi connectivity index (χ1n) is 6.13. The predicted molar refractivity (Wildman–Crippen MR) is 75.6 cm³/mol. The van der Waals surface area contributed by atoms with Gasteiger partial charge < -0.3 is 20.8 Å². The van der Waals surface area contributed by atoms with Gasteiger partial charge in [-0.1, -0.05) is 41.6 Å². The topological polar surface area (TPSA) is 88.1 Å². The minimum absolute atomic E-state index is 0.00656. The van der Waals surface area contributed by atoms with E-state index in [1.807, 2.05) is 18.2 Å². The van der Waals surface area contributed by atoms with Crippen molar-refractivity contribution in [3.63, 3.8) is 0 Å². The fourth-order valence-corrected chi connectivity index (χ4v) is 1.80. The van der Waals surface area contributed by atoms with Crippen LogP contribution in [0.3, 0.4) is 0 Å². The lowest BCUT2D eigenvalue weighted by Gasteiger charge is -2.10. The summed E-state index contributed by atoms with van der Waals surface area (Å²) in [6, 6.07) is 14.5. The summed E-state index contributed by atoms with van der Waals surface area (Å²) in [5.74, 6) is 0.747. The first-order chi connectivity index (χ1) is 9.74. The molecule has 5 heteroatoms. The molecule has 2 rings (SSSR count). The lowest BCUT2D eigenvalue weighted by Crippen LogP contribution is -2.16. The summed E-state index contributed by atoms with van der Waals surface area (Å²) in [6.07, 6.45) is 0. The molecule has 0 aliphatic carbocycles. The number of aliphatic hydroxyl groups excluding tert-OH is 1. The van der Waals surface area contributed by atoms with Gasteiger partial charge in [0.05, 0.1) is 6.61 Å². The van der Waals surface area contributed by atoms with Gasteiger partial charge in [0, 0.05) is 11.1 Å². The van der Waals surface area contributed by atoms with Crippen LogP contribution in [-0.2, 0) is 13.2 Å². The van der Waals surface area contributed by atoms with Gasteiger partial charge in [-0.2, -0.15) is 0 Å². The van der Waals surface area contributed by atoms with Crippen LogP contribution >= 0.6 is 0 Å². The number of nitrogens with two attached hydrogens (primary N) is 1. The van der Waals surface area contributed by atoms with Crippen molar-refractivity contribution in [3.05, 3.63) is 65.2 Å². The number of ether oxygens (including phenoxy) is 1. The average molecular weight is 272 g/mol. The first kappa shape index (κ1) is 13.9. The van der Waals surface area contributed by atoms with Crippen molar-refractivity contribution in [1.29, 1.82) is 0 Å². The van der Waals surface area contributed by atoms with Crippen LogP contribution in [0.5, 0.6) is 5.75 Å². The molecular weight excluding hydrogens is 256 g/mol. The van der Waals surface area contributed by atoms with Crippen molar-refractivity contribution >= 4 is 5.84 Å². The molecule has 104 valence electrons. The molecule has 0 bridgehead atoms. The number of oxime groups is 1. The van der Waals surface area contributed by atoms with Gasteiger partial charge in [-0.25, -0.2) is 0 Å². The molecule has 0 saturated carbocycles. The zero-order chi connectivity index (χ0) is 14.4. The van der Waals surface area contributed by atoms with Gasteiger partial charge in [0.15, 0.2) is 5.84 Å². The Kier molecular flexibility index (Phi) is 4.57. The van der Waals surface area contributed by atoms with Gasteiger partial charge >= 0.3 is 0 Å². The highest BCUT2D eigenvalue weighted by Gasteiger charge is 2.06. The van der Waals surface area contributed by atoms with E-state index in [2.05, 4.69) is 5.16 Å². The maximum atomic E-state index is 8.97. The molecule has 0 aromatic heterocycles. The maximum absolute atomic E-state index is 8.97. The van der Waals surface area contributed by atoms with Crippen molar-refractivity contribution in [2.75, 3.05) is 0 Å². The van der Waals surface area contributed by atoms with Crippen LogP contribution in [0.25, 0.3) is 0 Å². The molecule has 5 nitrogen and oxygen atoms in total. The van der Waals surface area contributed by atoms with Gasteiger partial charge in [-0.3, -0.25) is 0 Å². The molecule has 0 unspecified atom stereocenters. The predicted octanol–water partition coefficient (Wildman–Crippen LogP) is 1.85. The van der Waals surface area contributed by atoms with Crippen molar-refractivity contribution in [3.8, 4) is 5.75 Å². The van der Waals surface area contributed by atoms with Crippen LogP contribution in [-0.4, -0.2) is 16.1 Å². The Balaban J connectivity index is 2.10. The van der Waals surface area contributed by atoms with Crippen molar-refractivity contribution in [2.24, 2.45) is 10.9 Å². The van der Waals surface area contributed by atoms with Gasteiger partial charge in [0.25, 0.3) is 0 Å². The van der Waals surface area contributed by atoms with E-state index >= 15 is 0 Å². The zero-order valence-corrected chi connectivity index (χ0v) is 10.9. The normalized spacial score (nSPS) is 11.3. The molecule has 4 N–H and O–H groups in total. The van der Waals surface area contributed by atoms with Crippen LogP contribution in [0.2, 0.25) is 0 Å². The Hall–Kier alpha value is -2.53. The quantitative estimate of drug-likeness (QED) is 0.335. The summed E-state index contributed by atoms with van der Waals surface area (Å²) >= 11 is 0. The van der Waals surface area contributed by atoms with E-state index in [0.29, 0.717) is 17.9 Å². The van der Waals surface area contributed by atoms with Gasteiger partial charge in [0.1, 0.15) is 12.4 Å². The third-order valence-corrected chi connectivity index (χ3v) is 2.90. The van der Waals surface area contributed by atoms with Crippen LogP contribution < -0.4 is 10.5 Å². The molecule has 20 heavy (non-hydrogen) atoms. The van der Waals surface area contributed by atoms with Crippen LogP contribution in [0, 0.1) is 0 Å². The largest absolute Gasteiger partial charge is 0.489 e. The standard InChI is InChI=1S/C15H16N2O3/c16-15(17-19)14-4-2-1-3-12(14)10-20-13-7-5-11(9-18)6-8-13/h1-8,18-19H,9-10H2,(H2,16,17). The Bertz CT molecular complexity index is 594. The number of aliphatic hydroxyl groups is 1. The number of benzene rings is 2. The fourth-order valence-electron chi connectivity index (χ4n) is 1.80. The smallest absolute Gasteiger partial charge is 0.170 e. The molecule has 0 amide bonds. The monoisotopic (exact) mass is 272 g/mol. The molecule has 0 fully saturated rings. The first-order valence-corrected chi connectivity index (χ1v) is 6.13. The maximum Gasteiger partial charge on any atom is 0.170 e. The molecule has 0 radical (unpaired) electrons. The second kappa shape index (κ2) is 6.58. The second-order valence-electron chi connectivity index (χ2n) is 4.23. The summed E-state index contributed by atoms with van der Waals surface area (Å²) < 4.78 is 5.65. The summed E-state index contributed by atoms with van der Waals surface area (Å²) in [5, 5.41) is 20.7. The Morgan fingerprint density at radius 1 is 1.10 bits per heavy atom. The van der Waals surface area contributed by atoms with Gasteiger partial charge in [-0.15, -0.1) is 0 Å². The Labute approximate surface area is 116 Å². The SMILES string of the molecule is N/C(=N/O)c1ccccc1COc1ccc(CO)cc1. The highest BCUT2D eigenvalue weighted by molar-refractivity contribution is 5.98. The van der Waals surface area contributed by atoms with E-state index in [1.54, 1.807) is 30.3 Å². The molecule has 2 aromatic rings. The lowest BCUT2D eigenvalue weighted by molar-refractivity contribution is 0.280. The number of hydrogen-bond acceptors (Lipinski definition) is 4. The molecule has 0 aliphatic heterocycles. The van der Waals surface area contributed by atoms with Crippen molar-refractivity contribution in [1.82, 2.24) is 0 Å². The number of amidine groups is 1. The van der Waals surface area contributed by atoms with Crippen LogP contribution in [0.1, 0.15) is 16.7 Å². The van der Waals surface area contributed by atoms with E-state index in [-0.39, 0.29) is 12.4 Å². The number of rotatable bonds is 5. The second-order valence-corrected chi connectivity index (χ2v) is 4.23. The highest BCUT2D eigenvalue weighted by atomic mass is 16.5. The minimum Gasteiger partial charge on any atom is -0.489 e. The van der Waals surface area contributed by atoms with Crippen LogP contribution in [0.15, 0.2) is 53.7 Å². The highest BCUT2D eigenvalue weighted by Crippen LogP contribution is 2.16. The summed E-state index contributed by atoms with van der Waals surface area (Å²) in [7, 11) is 0. The zero-order valence-electron chi connectivity index (χ0n) is 10.9. The van der Waals surface area contributed by atoms with E-state index in [0.717, 1.165) is 11.1 Å². The third-order valence-electron chi connectivity index (χ3n) is 2.90. The van der Waals surface area contributed by atoms with E-state index in [9.17, 15) is 0 Å². The molecule has 0 heterocycles. The molecule has 0 atom stereocenters. The molecule has 0 saturated heterocycles. The number of nitrogens with zero attached hydrogens (tertiary/aromatic N) is 1. The Morgan fingerprint density at radius 2 is 1.80 bits per heavy atom. The summed E-state index contributed by atoms with van der Waals surface area (Å²) in [4.78, 5) is 0. The summed E-state index contributed by atoms with van der Waals surface area (Å²) in [6.45, 7) is 0.317. The van der Waals surface area contributed by atoms with Crippen molar-refractivity contribution < 1.29 is 15.1 Å². The van der Waals surface area contributed by atoms with Crippen molar-refractivity contribution in [2.45, 2.75) is 13.2 Å². The lowest BCUT2D eigenvalue weighted by atomic mass is 10.1. The van der Waals surface area contributed by atoms with E-state index in [1.165, 1.54) is 0 Å². The summed E-state index contributed by atoms with van der Waals surface area (Å²) in [5.41, 5.74) is 7.92.